The van der Waals surface area contributed by atoms with Crippen LogP contribution in [0.25, 0.3) is 0 Å². The van der Waals surface area contributed by atoms with Gasteiger partial charge in [-0.1, -0.05) is 244 Å². The first kappa shape index (κ1) is 63.6. The Morgan fingerprint density at radius 1 is 0.337 bits per heavy atom. The van der Waals surface area contributed by atoms with Gasteiger partial charge in [0.1, 0.15) is 0 Å². The maximum Gasteiger partial charge on any atom is 0.0702 e. The first-order valence-electron chi connectivity index (χ1n) is 32.8. The molecule has 4 bridgehead atoms. The second-order valence-electron chi connectivity index (χ2n) is 27.9. The first-order chi connectivity index (χ1) is 41.0. The fraction of sp³-hybridized carbons (Fsp3) is 0.450. The van der Waals surface area contributed by atoms with Gasteiger partial charge in [-0.25, -0.2) is 0 Å². The lowest BCUT2D eigenvalue weighted by atomic mass is 9.48. The van der Waals surface area contributed by atoms with Crippen molar-refractivity contribution in [1.82, 2.24) is 0 Å². The third-order valence-corrected chi connectivity index (χ3v) is 19.1. The van der Waals surface area contributed by atoms with Gasteiger partial charge in [-0.2, -0.15) is 0 Å². The predicted molar refractivity (Wildman–Crippen MR) is 373 cm³/mol. The highest BCUT2D eigenvalue weighted by molar-refractivity contribution is 6.45. The molecule has 0 amide bonds. The Hall–Kier alpha value is -6.92. The summed E-state index contributed by atoms with van der Waals surface area (Å²) in [4.78, 5) is 24.6. The van der Waals surface area contributed by atoms with Crippen molar-refractivity contribution in [3.8, 4) is 0 Å². The van der Waals surface area contributed by atoms with Crippen molar-refractivity contribution in [3.05, 3.63) is 212 Å². The Bertz CT molecular complexity index is 3240. The Morgan fingerprint density at radius 3 is 0.849 bits per heavy atom. The first-order valence-corrected chi connectivity index (χ1v) is 32.8. The highest BCUT2D eigenvalue weighted by Crippen LogP contribution is 2.60. The van der Waals surface area contributed by atoms with Crippen LogP contribution in [0.3, 0.4) is 0 Å². The summed E-state index contributed by atoms with van der Waals surface area (Å²) in [6.07, 6.45) is 1.71. The summed E-state index contributed by atoms with van der Waals surface area (Å²) in [5, 5.41) is 8.49. The Morgan fingerprint density at radius 2 is 0.593 bits per heavy atom. The lowest BCUT2D eigenvalue weighted by molar-refractivity contribution is 0.0639. The minimum absolute atomic E-state index is 0.0602. The number of para-hydroxylation sites is 4. The van der Waals surface area contributed by atoms with E-state index >= 15 is 0 Å². The molecule has 0 unspecified atom stereocenters. The van der Waals surface area contributed by atoms with E-state index in [-0.39, 0.29) is 59.2 Å². The molecule has 6 nitrogen and oxygen atoms in total. The molecule has 0 radical (unpaired) electrons. The van der Waals surface area contributed by atoms with Crippen molar-refractivity contribution in [2.24, 2.45) is 55.5 Å². The predicted octanol–water partition coefficient (Wildman–Crippen LogP) is 22.4. The third kappa shape index (κ3) is 13.0. The third-order valence-electron chi connectivity index (χ3n) is 19.1. The smallest absolute Gasteiger partial charge is 0.0702 e. The van der Waals surface area contributed by atoms with Crippen LogP contribution in [0.1, 0.15) is 241 Å². The number of allylic oxidation sites excluding steroid dienone is 4. The van der Waals surface area contributed by atoms with E-state index in [1.54, 1.807) is 0 Å². The van der Waals surface area contributed by atoms with Gasteiger partial charge in [0.05, 0.1) is 45.6 Å². The van der Waals surface area contributed by atoms with Gasteiger partial charge < -0.3 is 10.6 Å². The van der Waals surface area contributed by atoms with Crippen LogP contribution in [0.2, 0.25) is 0 Å². The largest absolute Gasteiger partial charge is 0.357 e. The van der Waals surface area contributed by atoms with Gasteiger partial charge >= 0.3 is 0 Å². The summed E-state index contributed by atoms with van der Waals surface area (Å²) in [5.74, 6) is 2.24. The van der Waals surface area contributed by atoms with E-state index in [1.165, 1.54) is 67.0 Å². The maximum atomic E-state index is 6.34. The second-order valence-corrected chi connectivity index (χ2v) is 27.9. The molecule has 3 aliphatic rings. The number of rotatable bonds is 20. The van der Waals surface area contributed by atoms with Crippen molar-refractivity contribution >= 4 is 45.6 Å². The molecule has 452 valence electrons. The molecule has 0 spiro atoms. The van der Waals surface area contributed by atoms with Crippen molar-refractivity contribution in [1.29, 1.82) is 0 Å². The zero-order valence-electron chi connectivity index (χ0n) is 56.0. The number of nitrogens with one attached hydrogen (secondary N) is 2. The number of aliphatic imine (C=N–C) groups is 4. The summed E-state index contributed by atoms with van der Waals surface area (Å²) >= 11 is 0. The van der Waals surface area contributed by atoms with Gasteiger partial charge in [0.25, 0.3) is 0 Å². The number of hydrogen-bond acceptors (Lipinski definition) is 6. The monoisotopic (exact) mass is 1150 g/mol. The number of nitrogens with zero attached hydrogens (tertiary/aromatic N) is 4. The lowest BCUT2D eigenvalue weighted by Gasteiger charge is -2.57. The minimum atomic E-state index is -0.0678. The molecule has 2 N–H and O–H groups in total. The van der Waals surface area contributed by atoms with Crippen molar-refractivity contribution in [2.45, 2.75) is 199 Å². The normalized spacial score (nSPS) is 21.1. The van der Waals surface area contributed by atoms with E-state index < -0.39 is 0 Å². The fourth-order valence-electron chi connectivity index (χ4n) is 14.8. The summed E-state index contributed by atoms with van der Waals surface area (Å²) in [6.45, 7) is 46.2. The van der Waals surface area contributed by atoms with Crippen LogP contribution in [0.5, 0.6) is 0 Å². The van der Waals surface area contributed by atoms with E-state index in [2.05, 4.69) is 283 Å². The summed E-state index contributed by atoms with van der Waals surface area (Å²) in [5.41, 5.74) is 26.0. The quantitative estimate of drug-likeness (QED) is 0.0748. The topological polar surface area (TPSA) is 73.5 Å². The van der Waals surface area contributed by atoms with Crippen LogP contribution in [-0.4, -0.2) is 22.8 Å². The number of benzene rings is 6. The molecule has 6 atom stereocenters. The average Bonchev–Trinajstić information content (AvgIpc) is 0.764. The van der Waals surface area contributed by atoms with Gasteiger partial charge in [-0.15, -0.1) is 0 Å². The van der Waals surface area contributed by atoms with Gasteiger partial charge in [0.15, 0.2) is 0 Å². The van der Waals surface area contributed by atoms with E-state index in [0.717, 1.165) is 69.9 Å². The fourth-order valence-corrected chi connectivity index (χ4v) is 14.8. The second kappa shape index (κ2) is 27.0. The standard InChI is InChI=1S/C80H102N6/c1-45(2)59-35-27-36-60(46(3)4)77(59)81-53(17)73-69-67(43-57-31-23-21-24-32-57)71(74(85-73)54(18)82-78-61(47(5)6)37-28-38-62(78)48(7)8)72-68(44-58-33-25-22-26-34-58)70(69)75(55(19)83-79-63(49(9)10)39-29-40-64(79)50(11)12)86-76(72)56(20)84-80-65(51(13)14)41-30-42-66(80)52(15)16/h21-42,45-52,67-72,81,84H,43-44H2,1-20H3/b73-53-,76-56-,82-54?,83-55?/t67-,68-,69+,70+,71-,72-. The molecule has 2 heterocycles. The lowest BCUT2D eigenvalue weighted by Crippen LogP contribution is -2.59. The highest BCUT2D eigenvalue weighted by atomic mass is 15.0. The van der Waals surface area contributed by atoms with Crippen LogP contribution < -0.4 is 10.6 Å². The Balaban J connectivity index is 1.47. The summed E-state index contributed by atoms with van der Waals surface area (Å²) in [7, 11) is 0. The van der Waals surface area contributed by atoms with E-state index in [0.29, 0.717) is 23.7 Å². The zero-order valence-corrected chi connectivity index (χ0v) is 56.0. The van der Waals surface area contributed by atoms with Gasteiger partial charge in [-0.3, -0.25) is 20.0 Å². The number of anilines is 2. The molecule has 6 aromatic rings. The molecule has 6 aromatic carbocycles. The highest BCUT2D eigenvalue weighted by Gasteiger charge is 2.60. The Kier molecular flexibility index (Phi) is 20.0. The summed E-state index contributed by atoms with van der Waals surface area (Å²) in [6, 6.07) is 50.0. The molecule has 0 saturated heterocycles. The van der Waals surface area contributed by atoms with Crippen LogP contribution in [-0.2, 0) is 12.8 Å². The number of fused-ring (bicyclic) bond motifs is 6. The average molecular weight is 1150 g/mol. The summed E-state index contributed by atoms with van der Waals surface area (Å²) < 4.78 is 0. The van der Waals surface area contributed by atoms with Crippen LogP contribution in [0, 0.1) is 35.5 Å². The zero-order chi connectivity index (χ0) is 62.0. The molecule has 2 aliphatic heterocycles. The molecule has 9 rings (SSSR count). The van der Waals surface area contributed by atoms with E-state index in [9.17, 15) is 0 Å². The van der Waals surface area contributed by atoms with Gasteiger partial charge in [0, 0.05) is 46.4 Å². The van der Waals surface area contributed by atoms with Crippen LogP contribution in [0.15, 0.2) is 176 Å². The van der Waals surface area contributed by atoms with Crippen molar-refractivity contribution in [3.63, 3.8) is 0 Å². The molecule has 86 heavy (non-hydrogen) atoms. The molecule has 1 aliphatic carbocycles. The molecular weight excluding hydrogens is 1040 g/mol. The van der Waals surface area contributed by atoms with Crippen LogP contribution in [0.4, 0.5) is 22.7 Å². The van der Waals surface area contributed by atoms with E-state index in [1.807, 2.05) is 0 Å². The molecule has 0 aromatic heterocycles. The maximum absolute atomic E-state index is 6.34. The molecular formula is C80H102N6. The van der Waals surface area contributed by atoms with Gasteiger partial charge in [0.2, 0.25) is 0 Å². The number of hydrogen-bond donors (Lipinski definition) is 2. The molecule has 6 heteroatoms. The Labute approximate surface area is 519 Å². The minimum Gasteiger partial charge on any atom is -0.357 e. The SMILES string of the molecule is CC(=Nc1c(C(C)C)cccc1C(C)C)C1=N/C(=C(/C)Nc2c(C(C)C)cccc2C(C)C)[C@H]2[C@@H](Cc3ccccc3)[C@@H]1[C@@H]1/C(=C(\C)Nc3c(C(C)C)cccc3C(C)C)N=C(C(C)=Nc3c(C(C)C)cccc3C(C)C)[C@H]2[C@H]1Cc1ccccc1. The van der Waals surface area contributed by atoms with Crippen molar-refractivity contribution < 1.29 is 0 Å². The van der Waals surface area contributed by atoms with Crippen molar-refractivity contribution in [2.75, 3.05) is 10.6 Å². The van der Waals surface area contributed by atoms with E-state index in [4.69, 9.17) is 20.0 Å². The van der Waals surface area contributed by atoms with Crippen LogP contribution >= 0.6 is 0 Å². The van der Waals surface area contributed by atoms with Gasteiger partial charge in [-0.05, 0) is 155 Å². The molecule has 1 saturated carbocycles. The molecule has 1 fully saturated rings.